The van der Waals surface area contributed by atoms with Crippen molar-refractivity contribution in [2.75, 3.05) is 20.3 Å². The molecule has 1 heterocycles. The second-order valence-corrected chi connectivity index (χ2v) is 6.36. The number of hydrogen-bond donors (Lipinski definition) is 1. The first-order valence-electron chi connectivity index (χ1n) is 8.32. The van der Waals surface area contributed by atoms with Gasteiger partial charge in [0, 0.05) is 12.6 Å². The molecule has 0 aromatic heterocycles. The molecule has 0 bridgehead atoms. The van der Waals surface area contributed by atoms with E-state index in [1.165, 1.54) is 24.0 Å². The van der Waals surface area contributed by atoms with Crippen LogP contribution in [0.25, 0.3) is 0 Å². The van der Waals surface area contributed by atoms with E-state index in [0.717, 1.165) is 44.6 Å². The smallest absolute Gasteiger partial charge is 0.119 e. The highest BCUT2D eigenvalue weighted by Gasteiger charge is 2.41. The summed E-state index contributed by atoms with van der Waals surface area (Å²) in [6, 6.07) is 7.10. The number of fused-ring (bicyclic) bond motifs is 2. The van der Waals surface area contributed by atoms with Crippen LogP contribution in [0.5, 0.6) is 5.75 Å². The Morgan fingerprint density at radius 1 is 1.43 bits per heavy atom. The molecule has 2 aliphatic rings. The first-order valence-corrected chi connectivity index (χ1v) is 8.32. The first-order chi connectivity index (χ1) is 10.3. The summed E-state index contributed by atoms with van der Waals surface area (Å²) in [7, 11) is 1.74. The third-order valence-electron chi connectivity index (χ3n) is 4.93. The fraction of sp³-hybridized carbons (Fsp3) is 0.667. The number of benzene rings is 1. The summed E-state index contributed by atoms with van der Waals surface area (Å²) in [4.78, 5) is 0. The second kappa shape index (κ2) is 6.37. The molecule has 1 aliphatic carbocycles. The van der Waals surface area contributed by atoms with Crippen LogP contribution in [0.3, 0.4) is 0 Å². The first kappa shape index (κ1) is 14.9. The summed E-state index contributed by atoms with van der Waals surface area (Å²) >= 11 is 0. The van der Waals surface area contributed by atoms with E-state index in [-0.39, 0.29) is 5.60 Å². The Hall–Kier alpha value is -1.06. The number of nitrogens with one attached hydrogen (secondary N) is 1. The van der Waals surface area contributed by atoms with E-state index >= 15 is 0 Å². The van der Waals surface area contributed by atoms with Crippen molar-refractivity contribution in [3.05, 3.63) is 29.3 Å². The molecule has 116 valence electrons. The molecule has 1 spiro atoms. The molecule has 1 aromatic carbocycles. The lowest BCUT2D eigenvalue weighted by Crippen LogP contribution is -2.47. The van der Waals surface area contributed by atoms with E-state index in [0.29, 0.717) is 6.04 Å². The number of rotatable bonds is 4. The number of aryl methyl sites for hydroxylation is 1. The van der Waals surface area contributed by atoms with Crippen LogP contribution in [0.1, 0.15) is 50.2 Å². The van der Waals surface area contributed by atoms with Crippen LogP contribution in [0.4, 0.5) is 0 Å². The topological polar surface area (TPSA) is 30.5 Å². The van der Waals surface area contributed by atoms with Crippen molar-refractivity contribution in [3.8, 4) is 5.75 Å². The molecule has 1 N–H and O–H groups in total. The summed E-state index contributed by atoms with van der Waals surface area (Å²) in [6.45, 7) is 4.20. The maximum absolute atomic E-state index is 6.34. The normalized spacial score (nSPS) is 28.4. The number of hydrogen-bond acceptors (Lipinski definition) is 3. The van der Waals surface area contributed by atoms with Crippen LogP contribution >= 0.6 is 0 Å². The average molecular weight is 289 g/mol. The zero-order chi connectivity index (χ0) is 14.7. The predicted molar refractivity (Wildman–Crippen MR) is 84.9 cm³/mol. The minimum Gasteiger partial charge on any atom is -0.497 e. The van der Waals surface area contributed by atoms with Gasteiger partial charge in [-0.3, -0.25) is 0 Å². The van der Waals surface area contributed by atoms with Crippen molar-refractivity contribution in [1.29, 1.82) is 0 Å². The van der Waals surface area contributed by atoms with Gasteiger partial charge < -0.3 is 14.8 Å². The van der Waals surface area contributed by atoms with Gasteiger partial charge in [-0.1, -0.05) is 13.0 Å². The lowest BCUT2D eigenvalue weighted by Gasteiger charge is -2.45. The van der Waals surface area contributed by atoms with Crippen molar-refractivity contribution >= 4 is 0 Å². The van der Waals surface area contributed by atoms with Gasteiger partial charge in [0.2, 0.25) is 0 Å². The van der Waals surface area contributed by atoms with Gasteiger partial charge in [0.25, 0.3) is 0 Å². The Bertz CT molecular complexity index is 488. The predicted octanol–water partition coefficient (Wildman–Crippen LogP) is 3.41. The molecule has 21 heavy (non-hydrogen) atoms. The Morgan fingerprint density at radius 2 is 2.33 bits per heavy atom. The van der Waals surface area contributed by atoms with Gasteiger partial charge >= 0.3 is 0 Å². The zero-order valence-corrected chi connectivity index (χ0v) is 13.3. The van der Waals surface area contributed by atoms with Crippen molar-refractivity contribution in [1.82, 2.24) is 5.32 Å². The van der Waals surface area contributed by atoms with Crippen LogP contribution in [-0.4, -0.2) is 26.3 Å². The molecule has 0 radical (unpaired) electrons. The average Bonchev–Trinajstić information content (AvgIpc) is 2.53. The van der Waals surface area contributed by atoms with Gasteiger partial charge in [0.15, 0.2) is 0 Å². The molecule has 2 unspecified atom stereocenters. The second-order valence-electron chi connectivity index (χ2n) is 6.36. The van der Waals surface area contributed by atoms with Gasteiger partial charge in [0.1, 0.15) is 5.75 Å². The lowest BCUT2D eigenvalue weighted by molar-refractivity contribution is -0.104. The molecule has 1 fully saturated rings. The Labute approximate surface area is 128 Å². The quantitative estimate of drug-likeness (QED) is 0.921. The standard InChI is InChI=1S/C18H27NO2/c1-3-10-19-15-8-11-21-18(13-15)9-4-5-14-12-16(20-2)6-7-17(14)18/h6-7,12,15,19H,3-5,8-11,13H2,1-2H3. The molecule has 2 atom stereocenters. The fourth-order valence-electron chi connectivity index (χ4n) is 3.89. The van der Waals surface area contributed by atoms with E-state index in [2.05, 4.69) is 30.4 Å². The van der Waals surface area contributed by atoms with E-state index in [9.17, 15) is 0 Å². The summed E-state index contributed by atoms with van der Waals surface area (Å²) in [6.07, 6.45) is 6.93. The summed E-state index contributed by atoms with van der Waals surface area (Å²) in [5, 5.41) is 3.69. The van der Waals surface area contributed by atoms with Crippen molar-refractivity contribution in [2.24, 2.45) is 0 Å². The Kier molecular flexibility index (Phi) is 4.51. The lowest BCUT2D eigenvalue weighted by atomic mass is 9.74. The third-order valence-corrected chi connectivity index (χ3v) is 4.93. The van der Waals surface area contributed by atoms with Crippen molar-refractivity contribution in [2.45, 2.75) is 57.1 Å². The van der Waals surface area contributed by atoms with Crippen LogP contribution in [0, 0.1) is 0 Å². The van der Waals surface area contributed by atoms with Gasteiger partial charge in [-0.15, -0.1) is 0 Å². The fourth-order valence-corrected chi connectivity index (χ4v) is 3.89. The van der Waals surface area contributed by atoms with Crippen molar-refractivity contribution < 1.29 is 9.47 Å². The van der Waals surface area contributed by atoms with E-state index < -0.39 is 0 Å². The molecule has 1 aromatic rings. The Balaban J connectivity index is 1.85. The molecule has 3 nitrogen and oxygen atoms in total. The minimum absolute atomic E-state index is 0.0660. The SMILES string of the molecule is CCCNC1CCOC2(CCCc3cc(OC)ccc32)C1. The van der Waals surface area contributed by atoms with E-state index in [4.69, 9.17) is 9.47 Å². The van der Waals surface area contributed by atoms with Crippen molar-refractivity contribution in [3.63, 3.8) is 0 Å². The van der Waals surface area contributed by atoms with Crippen LogP contribution < -0.4 is 10.1 Å². The van der Waals surface area contributed by atoms with Gasteiger partial charge in [-0.05, 0) is 68.3 Å². The zero-order valence-electron chi connectivity index (χ0n) is 13.3. The maximum atomic E-state index is 6.34. The highest BCUT2D eigenvalue weighted by atomic mass is 16.5. The molecule has 1 saturated heterocycles. The number of ether oxygens (including phenoxy) is 2. The minimum atomic E-state index is -0.0660. The summed E-state index contributed by atoms with van der Waals surface area (Å²) in [5.74, 6) is 0.960. The number of methoxy groups -OCH3 is 1. The molecular formula is C18H27NO2. The van der Waals surface area contributed by atoms with Crippen LogP contribution in [0.15, 0.2) is 18.2 Å². The largest absolute Gasteiger partial charge is 0.497 e. The van der Waals surface area contributed by atoms with E-state index in [1.807, 2.05) is 0 Å². The highest BCUT2D eigenvalue weighted by molar-refractivity contribution is 5.41. The van der Waals surface area contributed by atoms with Gasteiger partial charge in [-0.2, -0.15) is 0 Å². The summed E-state index contributed by atoms with van der Waals surface area (Å²) in [5.41, 5.74) is 2.75. The Morgan fingerprint density at radius 3 is 3.14 bits per heavy atom. The summed E-state index contributed by atoms with van der Waals surface area (Å²) < 4.78 is 11.7. The van der Waals surface area contributed by atoms with Gasteiger partial charge in [0.05, 0.1) is 12.7 Å². The monoisotopic (exact) mass is 289 g/mol. The molecule has 3 rings (SSSR count). The third kappa shape index (κ3) is 2.95. The molecule has 0 saturated carbocycles. The van der Waals surface area contributed by atoms with Crippen LogP contribution in [-0.2, 0) is 16.8 Å². The molecule has 1 aliphatic heterocycles. The highest BCUT2D eigenvalue weighted by Crippen LogP contribution is 2.45. The maximum Gasteiger partial charge on any atom is 0.119 e. The molecule has 0 amide bonds. The molecule has 3 heteroatoms. The van der Waals surface area contributed by atoms with Crippen LogP contribution in [0.2, 0.25) is 0 Å². The molecular weight excluding hydrogens is 262 g/mol. The van der Waals surface area contributed by atoms with E-state index in [1.54, 1.807) is 7.11 Å². The van der Waals surface area contributed by atoms with Gasteiger partial charge in [-0.25, -0.2) is 0 Å².